The molecule has 5 heteroatoms. The second-order valence-electron chi connectivity index (χ2n) is 5.01. The van der Waals surface area contributed by atoms with E-state index in [1.807, 2.05) is 11.8 Å². The maximum Gasteiger partial charge on any atom is 0.355 e. The first-order valence-electron chi connectivity index (χ1n) is 6.67. The molecule has 0 bridgehead atoms. The van der Waals surface area contributed by atoms with Crippen molar-refractivity contribution in [3.63, 3.8) is 0 Å². The van der Waals surface area contributed by atoms with Crippen molar-refractivity contribution in [1.29, 1.82) is 0 Å². The van der Waals surface area contributed by atoms with Crippen LogP contribution < -0.4 is 0 Å². The van der Waals surface area contributed by atoms with Crippen LogP contribution in [0, 0.1) is 0 Å². The quantitative estimate of drug-likeness (QED) is 0.779. The monoisotopic (exact) mass is 264 g/mol. The van der Waals surface area contributed by atoms with E-state index in [0.29, 0.717) is 5.69 Å². The van der Waals surface area contributed by atoms with Crippen molar-refractivity contribution in [2.45, 2.75) is 32.2 Å². The summed E-state index contributed by atoms with van der Waals surface area (Å²) in [5, 5.41) is 0. The minimum absolute atomic E-state index is 0.102. The molecule has 0 saturated carbocycles. The number of carbonyl (C=O) groups excluding carboxylic acids is 2. The zero-order valence-corrected chi connectivity index (χ0v) is 11.5. The van der Waals surface area contributed by atoms with Crippen LogP contribution in [0.2, 0.25) is 0 Å². The summed E-state index contributed by atoms with van der Waals surface area (Å²) in [5.74, 6) is -0.555. The highest BCUT2D eigenvalue weighted by atomic mass is 16.5. The van der Waals surface area contributed by atoms with Gasteiger partial charge in [-0.25, -0.2) is 4.79 Å². The van der Waals surface area contributed by atoms with Crippen LogP contribution in [0.4, 0.5) is 0 Å². The van der Waals surface area contributed by atoms with Crippen LogP contribution in [0.15, 0.2) is 18.3 Å². The van der Waals surface area contributed by atoms with Gasteiger partial charge in [0.05, 0.1) is 0 Å². The summed E-state index contributed by atoms with van der Waals surface area (Å²) in [6, 6.07) is 3.69. The second-order valence-corrected chi connectivity index (χ2v) is 5.01. The van der Waals surface area contributed by atoms with Gasteiger partial charge in [0.15, 0.2) is 6.61 Å². The molecule has 1 fully saturated rings. The van der Waals surface area contributed by atoms with E-state index >= 15 is 0 Å². The first-order chi connectivity index (χ1) is 9.09. The minimum atomic E-state index is -0.453. The van der Waals surface area contributed by atoms with E-state index in [4.69, 9.17) is 4.74 Å². The molecular weight excluding hydrogens is 244 g/mol. The van der Waals surface area contributed by atoms with Crippen LogP contribution in [0.25, 0.3) is 0 Å². The molecule has 1 aliphatic rings. The van der Waals surface area contributed by atoms with Crippen molar-refractivity contribution in [2.24, 2.45) is 7.05 Å². The van der Waals surface area contributed by atoms with Crippen molar-refractivity contribution in [2.75, 3.05) is 13.2 Å². The molecule has 0 spiro atoms. The third kappa shape index (κ3) is 3.16. The molecule has 5 nitrogen and oxygen atoms in total. The van der Waals surface area contributed by atoms with E-state index < -0.39 is 5.97 Å². The van der Waals surface area contributed by atoms with Gasteiger partial charge in [0, 0.05) is 25.8 Å². The van der Waals surface area contributed by atoms with E-state index in [1.165, 1.54) is 0 Å². The Labute approximate surface area is 113 Å². The number of esters is 1. The Hall–Kier alpha value is -1.78. The number of hydrogen-bond donors (Lipinski definition) is 0. The summed E-state index contributed by atoms with van der Waals surface area (Å²) in [7, 11) is 1.77. The van der Waals surface area contributed by atoms with Crippen LogP contribution >= 0.6 is 0 Å². The van der Waals surface area contributed by atoms with Crippen LogP contribution in [-0.4, -0.2) is 40.5 Å². The smallest absolute Gasteiger partial charge is 0.355 e. The Morgan fingerprint density at radius 1 is 1.42 bits per heavy atom. The number of nitrogens with zero attached hydrogens (tertiary/aromatic N) is 2. The number of piperidine rings is 1. The fraction of sp³-hybridized carbons (Fsp3) is 0.571. The Morgan fingerprint density at radius 3 is 2.84 bits per heavy atom. The van der Waals surface area contributed by atoms with Crippen molar-refractivity contribution >= 4 is 11.9 Å². The van der Waals surface area contributed by atoms with E-state index in [9.17, 15) is 9.59 Å². The molecule has 19 heavy (non-hydrogen) atoms. The third-order valence-corrected chi connectivity index (χ3v) is 3.60. The summed E-state index contributed by atoms with van der Waals surface area (Å²) >= 11 is 0. The number of rotatable bonds is 3. The number of aromatic nitrogens is 1. The predicted octanol–water partition coefficient (Wildman–Crippen LogP) is 1.58. The third-order valence-electron chi connectivity index (χ3n) is 3.60. The minimum Gasteiger partial charge on any atom is -0.451 e. The lowest BCUT2D eigenvalue weighted by Gasteiger charge is -2.33. The highest BCUT2D eigenvalue weighted by molar-refractivity contribution is 5.90. The molecule has 1 saturated heterocycles. The van der Waals surface area contributed by atoms with E-state index in [0.717, 1.165) is 25.8 Å². The average Bonchev–Trinajstić information content (AvgIpc) is 2.82. The predicted molar refractivity (Wildman–Crippen MR) is 70.7 cm³/mol. The van der Waals surface area contributed by atoms with Crippen molar-refractivity contribution in [3.05, 3.63) is 24.0 Å². The van der Waals surface area contributed by atoms with Crippen LogP contribution in [-0.2, 0) is 16.6 Å². The lowest BCUT2D eigenvalue weighted by molar-refractivity contribution is -0.137. The SMILES string of the molecule is CC1CCCCN1C(=O)COC(=O)c1cccn1C. The highest BCUT2D eigenvalue weighted by Crippen LogP contribution is 2.16. The molecule has 2 rings (SSSR count). The van der Waals surface area contributed by atoms with Crippen molar-refractivity contribution < 1.29 is 14.3 Å². The fourth-order valence-corrected chi connectivity index (χ4v) is 2.43. The Bertz CT molecular complexity index is 467. The number of hydrogen-bond acceptors (Lipinski definition) is 3. The molecule has 0 aromatic carbocycles. The fourth-order valence-electron chi connectivity index (χ4n) is 2.43. The molecule has 1 aliphatic heterocycles. The maximum atomic E-state index is 12.0. The molecular formula is C14H20N2O3. The molecule has 0 radical (unpaired) electrons. The first kappa shape index (κ1) is 13.6. The highest BCUT2D eigenvalue weighted by Gasteiger charge is 2.24. The summed E-state index contributed by atoms with van der Waals surface area (Å²) in [4.78, 5) is 25.6. The lowest BCUT2D eigenvalue weighted by Crippen LogP contribution is -2.44. The Balaban J connectivity index is 1.86. The average molecular weight is 264 g/mol. The van der Waals surface area contributed by atoms with Gasteiger partial charge in [0.1, 0.15) is 5.69 Å². The van der Waals surface area contributed by atoms with Gasteiger partial charge in [-0.05, 0) is 38.3 Å². The summed E-state index contributed by atoms with van der Waals surface area (Å²) in [5.41, 5.74) is 0.458. The number of aryl methyl sites for hydroxylation is 1. The topological polar surface area (TPSA) is 51.5 Å². The summed E-state index contributed by atoms with van der Waals surface area (Å²) in [6.07, 6.45) is 4.98. The van der Waals surface area contributed by atoms with Gasteiger partial charge in [0.25, 0.3) is 5.91 Å². The standard InChI is InChI=1S/C14H20N2O3/c1-11-6-3-4-9-16(11)13(17)10-19-14(18)12-7-5-8-15(12)2/h5,7-8,11H,3-4,6,9-10H2,1-2H3. The second kappa shape index (κ2) is 5.91. The molecule has 1 atom stereocenters. The first-order valence-corrected chi connectivity index (χ1v) is 6.67. The molecule has 1 aromatic heterocycles. The Morgan fingerprint density at radius 2 is 2.21 bits per heavy atom. The molecule has 0 N–H and O–H groups in total. The van der Waals surface area contributed by atoms with E-state index in [1.54, 1.807) is 29.9 Å². The van der Waals surface area contributed by atoms with Gasteiger partial charge in [-0.2, -0.15) is 0 Å². The molecule has 1 unspecified atom stereocenters. The zero-order chi connectivity index (χ0) is 13.8. The number of carbonyl (C=O) groups is 2. The van der Waals surface area contributed by atoms with Crippen molar-refractivity contribution in [3.8, 4) is 0 Å². The summed E-state index contributed by atoms with van der Waals surface area (Å²) in [6.45, 7) is 2.63. The van der Waals surface area contributed by atoms with Gasteiger partial charge < -0.3 is 14.2 Å². The summed E-state index contributed by atoms with van der Waals surface area (Å²) < 4.78 is 6.76. The van der Waals surface area contributed by atoms with Gasteiger partial charge in [-0.15, -0.1) is 0 Å². The zero-order valence-electron chi connectivity index (χ0n) is 11.5. The van der Waals surface area contributed by atoms with Gasteiger partial charge in [-0.3, -0.25) is 4.79 Å². The van der Waals surface area contributed by atoms with Gasteiger partial charge in [0.2, 0.25) is 0 Å². The number of ether oxygens (including phenoxy) is 1. The molecule has 1 aromatic rings. The van der Waals surface area contributed by atoms with E-state index in [2.05, 4.69) is 0 Å². The van der Waals surface area contributed by atoms with E-state index in [-0.39, 0.29) is 18.6 Å². The van der Waals surface area contributed by atoms with Crippen LogP contribution in [0.1, 0.15) is 36.7 Å². The normalized spacial score (nSPS) is 19.3. The number of amides is 1. The maximum absolute atomic E-state index is 12.0. The van der Waals surface area contributed by atoms with Gasteiger partial charge >= 0.3 is 5.97 Å². The lowest BCUT2D eigenvalue weighted by atomic mass is 10.0. The largest absolute Gasteiger partial charge is 0.451 e. The molecule has 0 aliphatic carbocycles. The van der Waals surface area contributed by atoms with Crippen LogP contribution in [0.3, 0.4) is 0 Å². The molecule has 2 heterocycles. The Kier molecular flexibility index (Phi) is 4.24. The molecule has 1 amide bonds. The van der Waals surface area contributed by atoms with Crippen LogP contribution in [0.5, 0.6) is 0 Å². The van der Waals surface area contributed by atoms with Crippen molar-refractivity contribution in [1.82, 2.24) is 9.47 Å². The van der Waals surface area contributed by atoms with Gasteiger partial charge in [-0.1, -0.05) is 0 Å². The molecule has 104 valence electrons. The number of likely N-dealkylation sites (tertiary alicyclic amines) is 1.